The van der Waals surface area contributed by atoms with Gasteiger partial charge in [0.15, 0.2) is 5.13 Å². The molecule has 0 unspecified atom stereocenters. The fraction of sp³-hybridized carbons (Fsp3) is 0.188. The molecule has 0 spiro atoms. The fourth-order valence-corrected chi connectivity index (χ4v) is 3.10. The second-order valence-electron chi connectivity index (χ2n) is 5.11. The van der Waals surface area contributed by atoms with Gasteiger partial charge in [-0.2, -0.15) is 0 Å². The number of rotatable bonds is 2. The van der Waals surface area contributed by atoms with E-state index in [0.29, 0.717) is 10.5 Å². The summed E-state index contributed by atoms with van der Waals surface area (Å²) in [4.78, 5) is 30.2. The molecule has 0 atom stereocenters. The SMILES string of the molecule is Cc1nc(NC(=O)c2cn(C)c3ccccc3c2=O)sc1C. The zero-order valence-electron chi connectivity index (χ0n) is 12.5. The summed E-state index contributed by atoms with van der Waals surface area (Å²) >= 11 is 1.40. The second kappa shape index (κ2) is 5.38. The van der Waals surface area contributed by atoms with Gasteiger partial charge in [-0.05, 0) is 26.0 Å². The number of aryl methyl sites for hydroxylation is 3. The molecule has 3 rings (SSSR count). The largest absolute Gasteiger partial charge is 0.350 e. The third kappa shape index (κ3) is 2.42. The van der Waals surface area contributed by atoms with Crippen molar-refractivity contribution in [3.8, 4) is 0 Å². The molecule has 112 valence electrons. The van der Waals surface area contributed by atoms with Crippen LogP contribution in [0.15, 0.2) is 35.3 Å². The van der Waals surface area contributed by atoms with E-state index in [1.807, 2.05) is 33.0 Å². The highest BCUT2D eigenvalue weighted by Crippen LogP contribution is 2.21. The Balaban J connectivity index is 2.04. The van der Waals surface area contributed by atoms with Crippen molar-refractivity contribution >= 4 is 33.3 Å². The summed E-state index contributed by atoms with van der Waals surface area (Å²) < 4.78 is 1.78. The monoisotopic (exact) mass is 313 g/mol. The van der Waals surface area contributed by atoms with E-state index in [9.17, 15) is 9.59 Å². The van der Waals surface area contributed by atoms with Crippen LogP contribution in [0.2, 0.25) is 0 Å². The average molecular weight is 313 g/mol. The number of carbonyl (C=O) groups is 1. The minimum Gasteiger partial charge on any atom is -0.350 e. The standard InChI is InChI=1S/C16H15N3O2S/c1-9-10(2)22-16(17-9)18-15(21)12-8-19(3)13-7-5-4-6-11(13)14(12)20/h4-8H,1-3H3,(H,17,18,21). The number of aromatic nitrogens is 2. The van der Waals surface area contributed by atoms with Crippen molar-refractivity contribution in [2.75, 3.05) is 5.32 Å². The Morgan fingerprint density at radius 1 is 1.27 bits per heavy atom. The van der Waals surface area contributed by atoms with Crippen LogP contribution < -0.4 is 10.7 Å². The van der Waals surface area contributed by atoms with E-state index < -0.39 is 5.91 Å². The molecule has 22 heavy (non-hydrogen) atoms. The van der Waals surface area contributed by atoms with E-state index in [-0.39, 0.29) is 11.0 Å². The molecule has 1 aromatic carbocycles. The Kier molecular flexibility index (Phi) is 3.54. The van der Waals surface area contributed by atoms with Gasteiger partial charge in [-0.1, -0.05) is 12.1 Å². The predicted octanol–water partition coefficient (Wildman–Crippen LogP) is 2.86. The van der Waals surface area contributed by atoms with E-state index in [1.165, 1.54) is 11.3 Å². The number of nitrogens with one attached hydrogen (secondary N) is 1. The number of benzene rings is 1. The van der Waals surface area contributed by atoms with Crippen LogP contribution in [0.1, 0.15) is 20.9 Å². The third-order valence-electron chi connectivity index (χ3n) is 3.59. The first-order chi connectivity index (χ1) is 10.5. The molecule has 1 N–H and O–H groups in total. The molecule has 5 nitrogen and oxygen atoms in total. The fourth-order valence-electron chi connectivity index (χ4n) is 2.29. The van der Waals surface area contributed by atoms with Crippen molar-refractivity contribution in [1.82, 2.24) is 9.55 Å². The van der Waals surface area contributed by atoms with Crippen molar-refractivity contribution in [2.24, 2.45) is 7.05 Å². The molecule has 0 bridgehead atoms. The van der Waals surface area contributed by atoms with E-state index in [4.69, 9.17) is 0 Å². The van der Waals surface area contributed by atoms with Gasteiger partial charge in [0.1, 0.15) is 5.56 Å². The van der Waals surface area contributed by atoms with E-state index in [1.54, 1.807) is 22.9 Å². The molecule has 2 heterocycles. The second-order valence-corrected chi connectivity index (χ2v) is 6.32. The highest BCUT2D eigenvalue weighted by Gasteiger charge is 2.16. The van der Waals surface area contributed by atoms with Gasteiger partial charge in [0, 0.05) is 23.5 Å². The molecule has 0 radical (unpaired) electrons. The van der Waals surface area contributed by atoms with Gasteiger partial charge in [0.25, 0.3) is 5.91 Å². The van der Waals surface area contributed by atoms with Crippen molar-refractivity contribution in [3.05, 3.63) is 56.8 Å². The molecule has 1 amide bonds. The maximum Gasteiger partial charge on any atom is 0.262 e. The highest BCUT2D eigenvalue weighted by atomic mass is 32.1. The van der Waals surface area contributed by atoms with Crippen molar-refractivity contribution in [3.63, 3.8) is 0 Å². The van der Waals surface area contributed by atoms with E-state index in [2.05, 4.69) is 10.3 Å². The van der Waals surface area contributed by atoms with E-state index in [0.717, 1.165) is 16.1 Å². The van der Waals surface area contributed by atoms with Crippen LogP contribution >= 0.6 is 11.3 Å². The Morgan fingerprint density at radius 2 is 2.00 bits per heavy atom. The molecule has 0 aliphatic rings. The topological polar surface area (TPSA) is 64.0 Å². The van der Waals surface area contributed by atoms with Crippen LogP contribution in [0, 0.1) is 13.8 Å². The number of thiazole rings is 1. The summed E-state index contributed by atoms with van der Waals surface area (Å²) in [5.74, 6) is -0.430. The molecule has 0 aliphatic carbocycles. The van der Waals surface area contributed by atoms with Gasteiger partial charge in [0.2, 0.25) is 5.43 Å². The lowest BCUT2D eigenvalue weighted by Crippen LogP contribution is -2.23. The molecule has 0 aliphatic heterocycles. The minimum absolute atomic E-state index is 0.117. The number of anilines is 1. The first kappa shape index (κ1) is 14.5. The Bertz CT molecular complexity index is 921. The molecule has 3 aromatic rings. The summed E-state index contributed by atoms with van der Waals surface area (Å²) in [6.45, 7) is 3.83. The smallest absolute Gasteiger partial charge is 0.262 e. The number of hydrogen-bond donors (Lipinski definition) is 1. The van der Waals surface area contributed by atoms with Crippen LogP contribution in [0.3, 0.4) is 0 Å². The lowest BCUT2D eigenvalue weighted by atomic mass is 10.1. The summed E-state index contributed by atoms with van der Waals surface area (Å²) in [5.41, 5.74) is 1.53. The van der Waals surface area contributed by atoms with Gasteiger partial charge >= 0.3 is 0 Å². The Hall–Kier alpha value is -2.47. The predicted molar refractivity (Wildman–Crippen MR) is 88.7 cm³/mol. The van der Waals surface area contributed by atoms with Crippen LogP contribution in [0.25, 0.3) is 10.9 Å². The van der Waals surface area contributed by atoms with Crippen LogP contribution in [0.5, 0.6) is 0 Å². The van der Waals surface area contributed by atoms with Gasteiger partial charge in [-0.15, -0.1) is 11.3 Å². The number of amides is 1. The van der Waals surface area contributed by atoms with Crippen molar-refractivity contribution in [2.45, 2.75) is 13.8 Å². The maximum atomic E-state index is 12.5. The number of pyridine rings is 1. The van der Waals surface area contributed by atoms with Crippen LogP contribution in [0.4, 0.5) is 5.13 Å². The normalized spacial score (nSPS) is 10.9. The molecular formula is C16H15N3O2S. The summed E-state index contributed by atoms with van der Waals surface area (Å²) in [7, 11) is 1.82. The minimum atomic E-state index is -0.430. The number of fused-ring (bicyclic) bond motifs is 1. The van der Waals surface area contributed by atoms with Gasteiger partial charge in [-0.25, -0.2) is 4.98 Å². The van der Waals surface area contributed by atoms with Gasteiger partial charge in [0.05, 0.1) is 11.2 Å². The maximum absolute atomic E-state index is 12.5. The molecular weight excluding hydrogens is 298 g/mol. The lowest BCUT2D eigenvalue weighted by Gasteiger charge is -2.08. The highest BCUT2D eigenvalue weighted by molar-refractivity contribution is 7.15. The Labute approximate surface area is 131 Å². The number of para-hydroxylation sites is 1. The number of nitrogens with zero attached hydrogens (tertiary/aromatic N) is 2. The average Bonchev–Trinajstić information content (AvgIpc) is 2.81. The third-order valence-corrected chi connectivity index (χ3v) is 4.58. The van der Waals surface area contributed by atoms with Crippen molar-refractivity contribution < 1.29 is 4.79 Å². The summed E-state index contributed by atoms with van der Waals surface area (Å²) in [6.07, 6.45) is 1.56. The molecule has 2 aromatic heterocycles. The van der Waals surface area contributed by atoms with Gasteiger partial charge in [-0.3, -0.25) is 14.9 Å². The molecule has 0 saturated heterocycles. The lowest BCUT2D eigenvalue weighted by molar-refractivity contribution is 0.102. The quantitative estimate of drug-likeness (QED) is 0.791. The number of hydrogen-bond acceptors (Lipinski definition) is 4. The summed E-state index contributed by atoms with van der Waals surface area (Å²) in [6, 6.07) is 7.24. The first-order valence-electron chi connectivity index (χ1n) is 6.81. The first-order valence-corrected chi connectivity index (χ1v) is 7.63. The molecule has 0 saturated carbocycles. The van der Waals surface area contributed by atoms with Crippen LogP contribution in [-0.4, -0.2) is 15.5 Å². The van der Waals surface area contributed by atoms with Crippen molar-refractivity contribution in [1.29, 1.82) is 0 Å². The Morgan fingerprint density at radius 3 is 2.68 bits per heavy atom. The molecule has 6 heteroatoms. The van der Waals surface area contributed by atoms with E-state index >= 15 is 0 Å². The van der Waals surface area contributed by atoms with Crippen LogP contribution in [-0.2, 0) is 7.05 Å². The van der Waals surface area contributed by atoms with Gasteiger partial charge < -0.3 is 4.57 Å². The zero-order valence-corrected chi connectivity index (χ0v) is 13.3. The summed E-state index contributed by atoms with van der Waals surface area (Å²) in [5, 5.41) is 3.75. The number of carbonyl (C=O) groups excluding carboxylic acids is 1. The zero-order chi connectivity index (χ0) is 15.9. The molecule has 0 fully saturated rings.